The lowest BCUT2D eigenvalue weighted by atomic mass is 9.99. The molecule has 12 heavy (non-hydrogen) atoms. The molecule has 72 valence electrons. The summed E-state index contributed by atoms with van der Waals surface area (Å²) in [6.45, 7) is 2.04. The summed E-state index contributed by atoms with van der Waals surface area (Å²) in [6, 6.07) is 0. The van der Waals surface area contributed by atoms with Crippen LogP contribution in [0.15, 0.2) is 0 Å². The van der Waals surface area contributed by atoms with Crippen LogP contribution in [0, 0.1) is 11.8 Å². The fraction of sp³-hybridized carbons (Fsp3) is 1.00. The third-order valence-electron chi connectivity index (χ3n) is 2.72. The van der Waals surface area contributed by atoms with E-state index >= 15 is 0 Å². The molecule has 0 radical (unpaired) electrons. The van der Waals surface area contributed by atoms with Gasteiger partial charge in [0.25, 0.3) is 0 Å². The standard InChI is InChI=1S/C9H15F3/c1-7-3-2-4-8(6-5-7)9(10,11)12/h7-8H,2-6H2,1H3/t7-,8?/m0/s1. The molecule has 1 rings (SSSR count). The third-order valence-corrected chi connectivity index (χ3v) is 2.72. The van der Waals surface area contributed by atoms with Crippen molar-refractivity contribution in [3.05, 3.63) is 0 Å². The van der Waals surface area contributed by atoms with Gasteiger partial charge < -0.3 is 0 Å². The molecule has 0 aromatic heterocycles. The molecule has 0 nitrogen and oxygen atoms in total. The van der Waals surface area contributed by atoms with Gasteiger partial charge in [0.2, 0.25) is 0 Å². The summed E-state index contributed by atoms with van der Waals surface area (Å²) >= 11 is 0. The van der Waals surface area contributed by atoms with Crippen LogP contribution in [0.4, 0.5) is 13.2 Å². The molecule has 3 heteroatoms. The molecular weight excluding hydrogens is 165 g/mol. The van der Waals surface area contributed by atoms with Gasteiger partial charge in [-0.2, -0.15) is 13.2 Å². The SMILES string of the molecule is C[C@H]1CCCC(C(F)(F)F)CC1. The summed E-state index contributed by atoms with van der Waals surface area (Å²) < 4.78 is 36.7. The van der Waals surface area contributed by atoms with E-state index in [9.17, 15) is 13.2 Å². The minimum atomic E-state index is -3.95. The normalized spacial score (nSPS) is 33.0. The monoisotopic (exact) mass is 180 g/mol. The van der Waals surface area contributed by atoms with Gasteiger partial charge in [0, 0.05) is 0 Å². The summed E-state index contributed by atoms with van der Waals surface area (Å²) in [7, 11) is 0. The van der Waals surface area contributed by atoms with Gasteiger partial charge >= 0.3 is 6.18 Å². The van der Waals surface area contributed by atoms with Gasteiger partial charge in [-0.3, -0.25) is 0 Å². The molecule has 1 aliphatic rings. The minimum Gasteiger partial charge on any atom is -0.171 e. The van der Waals surface area contributed by atoms with Crippen molar-refractivity contribution in [3.8, 4) is 0 Å². The first-order chi connectivity index (χ1) is 5.50. The highest BCUT2D eigenvalue weighted by atomic mass is 19.4. The largest absolute Gasteiger partial charge is 0.391 e. The lowest BCUT2D eigenvalue weighted by molar-refractivity contribution is -0.177. The van der Waals surface area contributed by atoms with E-state index in [1.165, 1.54) is 0 Å². The van der Waals surface area contributed by atoms with Gasteiger partial charge in [-0.15, -0.1) is 0 Å². The number of halogens is 3. The molecule has 0 amide bonds. The summed E-state index contributed by atoms with van der Waals surface area (Å²) in [5.74, 6) is -0.542. The zero-order valence-electron chi connectivity index (χ0n) is 7.32. The van der Waals surface area contributed by atoms with Crippen molar-refractivity contribution in [2.45, 2.75) is 45.2 Å². The highest BCUT2D eigenvalue weighted by molar-refractivity contribution is 4.73. The van der Waals surface area contributed by atoms with Crippen molar-refractivity contribution in [2.75, 3.05) is 0 Å². The Morgan fingerprint density at radius 3 is 2.25 bits per heavy atom. The van der Waals surface area contributed by atoms with E-state index in [1.807, 2.05) is 6.92 Å². The molecular formula is C9H15F3. The maximum Gasteiger partial charge on any atom is 0.391 e. The van der Waals surface area contributed by atoms with E-state index < -0.39 is 12.1 Å². The molecule has 1 saturated carbocycles. The van der Waals surface area contributed by atoms with Crippen molar-refractivity contribution in [2.24, 2.45) is 11.8 Å². The molecule has 0 aromatic carbocycles. The van der Waals surface area contributed by atoms with Gasteiger partial charge in [-0.05, 0) is 18.8 Å². The van der Waals surface area contributed by atoms with Gasteiger partial charge in [0.1, 0.15) is 0 Å². The molecule has 0 heterocycles. The quantitative estimate of drug-likeness (QED) is 0.498. The zero-order valence-corrected chi connectivity index (χ0v) is 7.32. The average Bonchev–Trinajstić information content (AvgIpc) is 2.11. The summed E-state index contributed by atoms with van der Waals surface area (Å²) in [6.07, 6.45) is -0.829. The Morgan fingerprint density at radius 2 is 1.67 bits per heavy atom. The average molecular weight is 180 g/mol. The van der Waals surface area contributed by atoms with E-state index in [0.29, 0.717) is 18.8 Å². The molecule has 2 atom stereocenters. The second-order valence-electron chi connectivity index (χ2n) is 3.85. The lowest BCUT2D eigenvalue weighted by Crippen LogP contribution is -2.22. The van der Waals surface area contributed by atoms with Crippen molar-refractivity contribution >= 4 is 0 Å². The van der Waals surface area contributed by atoms with Crippen molar-refractivity contribution in [1.82, 2.24) is 0 Å². The molecule has 0 aliphatic heterocycles. The summed E-state index contributed by atoms with van der Waals surface area (Å²) in [4.78, 5) is 0. The van der Waals surface area contributed by atoms with Crippen LogP contribution in [-0.2, 0) is 0 Å². The summed E-state index contributed by atoms with van der Waals surface area (Å²) in [5, 5.41) is 0. The van der Waals surface area contributed by atoms with Crippen LogP contribution in [0.2, 0.25) is 0 Å². The zero-order chi connectivity index (χ0) is 9.19. The Hall–Kier alpha value is -0.210. The Labute approximate surface area is 71.1 Å². The molecule has 0 aromatic rings. The molecule has 1 fully saturated rings. The van der Waals surface area contributed by atoms with Crippen LogP contribution in [0.5, 0.6) is 0 Å². The van der Waals surface area contributed by atoms with Gasteiger partial charge in [-0.1, -0.05) is 26.2 Å². The first-order valence-corrected chi connectivity index (χ1v) is 4.57. The van der Waals surface area contributed by atoms with Crippen molar-refractivity contribution in [3.63, 3.8) is 0 Å². The van der Waals surface area contributed by atoms with E-state index in [4.69, 9.17) is 0 Å². The van der Waals surface area contributed by atoms with Gasteiger partial charge in [-0.25, -0.2) is 0 Å². The first-order valence-electron chi connectivity index (χ1n) is 4.57. The Bertz CT molecular complexity index is 139. The van der Waals surface area contributed by atoms with Crippen molar-refractivity contribution in [1.29, 1.82) is 0 Å². The van der Waals surface area contributed by atoms with E-state index in [2.05, 4.69) is 0 Å². The maximum atomic E-state index is 12.2. The summed E-state index contributed by atoms with van der Waals surface area (Å²) in [5.41, 5.74) is 0. The lowest BCUT2D eigenvalue weighted by Gasteiger charge is -2.17. The smallest absolute Gasteiger partial charge is 0.171 e. The van der Waals surface area contributed by atoms with Crippen LogP contribution < -0.4 is 0 Å². The molecule has 1 unspecified atom stereocenters. The Balaban J connectivity index is 2.46. The highest BCUT2D eigenvalue weighted by Gasteiger charge is 2.39. The fourth-order valence-electron chi connectivity index (χ4n) is 1.81. The second kappa shape index (κ2) is 3.67. The number of hydrogen-bond acceptors (Lipinski definition) is 0. The van der Waals surface area contributed by atoms with Crippen LogP contribution in [0.1, 0.15) is 39.0 Å². The van der Waals surface area contributed by atoms with E-state index in [0.717, 1.165) is 19.3 Å². The van der Waals surface area contributed by atoms with E-state index in [1.54, 1.807) is 0 Å². The van der Waals surface area contributed by atoms with E-state index in [-0.39, 0.29) is 0 Å². The number of alkyl halides is 3. The van der Waals surface area contributed by atoms with Crippen LogP contribution >= 0.6 is 0 Å². The van der Waals surface area contributed by atoms with Crippen LogP contribution in [0.3, 0.4) is 0 Å². The van der Waals surface area contributed by atoms with Gasteiger partial charge in [0.05, 0.1) is 5.92 Å². The number of rotatable bonds is 0. The third kappa shape index (κ3) is 2.68. The highest BCUT2D eigenvalue weighted by Crippen LogP contribution is 2.37. The van der Waals surface area contributed by atoms with Crippen LogP contribution in [-0.4, -0.2) is 6.18 Å². The Morgan fingerprint density at radius 1 is 1.00 bits per heavy atom. The second-order valence-corrected chi connectivity index (χ2v) is 3.85. The molecule has 0 spiro atoms. The predicted molar refractivity (Wildman–Crippen MR) is 41.8 cm³/mol. The van der Waals surface area contributed by atoms with Crippen LogP contribution in [0.25, 0.3) is 0 Å². The molecule has 1 aliphatic carbocycles. The van der Waals surface area contributed by atoms with Crippen molar-refractivity contribution < 1.29 is 13.2 Å². The van der Waals surface area contributed by atoms with Gasteiger partial charge in [0.15, 0.2) is 0 Å². The molecule has 0 N–H and O–H groups in total. The topological polar surface area (TPSA) is 0 Å². The molecule has 0 bridgehead atoms. The predicted octanol–water partition coefficient (Wildman–Crippen LogP) is 3.77. The molecule has 0 saturated heterocycles. The Kier molecular flexibility index (Phi) is 3.02. The number of hydrogen-bond donors (Lipinski definition) is 0. The first kappa shape index (κ1) is 9.87. The fourth-order valence-corrected chi connectivity index (χ4v) is 1.81. The maximum absolute atomic E-state index is 12.2. The minimum absolute atomic E-state index is 0.338.